The first-order valence-corrected chi connectivity index (χ1v) is 4.91. The molecule has 0 saturated carbocycles. The fourth-order valence-electron chi connectivity index (χ4n) is 1.44. The van der Waals surface area contributed by atoms with E-state index in [1.807, 2.05) is 0 Å². The smallest absolute Gasteiger partial charge is 0.325 e. The third-order valence-corrected chi connectivity index (χ3v) is 2.57. The van der Waals surface area contributed by atoms with E-state index in [0.29, 0.717) is 21.8 Å². The molecular weight excluding hydrogens is 232 g/mol. The first-order chi connectivity index (χ1) is 7.61. The average molecular weight is 241 g/mol. The minimum Gasteiger partial charge on any atom is -0.497 e. The number of methoxy groups -OCH3 is 1. The molecule has 16 heavy (non-hydrogen) atoms. The number of halogens is 1. The normalized spacial score (nSPS) is 10.6. The maximum Gasteiger partial charge on any atom is 0.325 e. The van der Waals surface area contributed by atoms with Crippen molar-refractivity contribution in [3.8, 4) is 5.75 Å². The van der Waals surface area contributed by atoms with Crippen LogP contribution in [0.4, 0.5) is 0 Å². The average Bonchev–Trinajstić information content (AvgIpc) is 2.54. The van der Waals surface area contributed by atoms with Crippen molar-refractivity contribution in [1.29, 1.82) is 0 Å². The molecule has 2 aromatic rings. The number of carbonyl (C=O) groups is 1. The Bertz CT molecular complexity index is 550. The number of nitrogens with zero attached hydrogens (tertiary/aromatic N) is 2. The Balaban J connectivity index is 2.54. The Labute approximate surface area is 96.2 Å². The molecule has 0 radical (unpaired) electrons. The van der Waals surface area contributed by atoms with Gasteiger partial charge in [-0.15, -0.1) is 0 Å². The molecule has 5 nitrogen and oxygen atoms in total. The Morgan fingerprint density at radius 2 is 2.38 bits per heavy atom. The second-order valence-electron chi connectivity index (χ2n) is 3.23. The van der Waals surface area contributed by atoms with Crippen molar-refractivity contribution in [2.45, 2.75) is 6.54 Å². The van der Waals surface area contributed by atoms with Crippen molar-refractivity contribution in [3.05, 3.63) is 23.4 Å². The number of fused-ring (bicyclic) bond motifs is 1. The van der Waals surface area contributed by atoms with E-state index in [-0.39, 0.29) is 6.54 Å². The van der Waals surface area contributed by atoms with Crippen LogP contribution in [0.25, 0.3) is 10.9 Å². The number of ether oxygens (including phenoxy) is 1. The van der Waals surface area contributed by atoms with Crippen LogP contribution in [-0.2, 0) is 11.3 Å². The van der Waals surface area contributed by atoms with Gasteiger partial charge in [0.25, 0.3) is 0 Å². The van der Waals surface area contributed by atoms with Gasteiger partial charge in [0.15, 0.2) is 0 Å². The molecule has 0 aliphatic heterocycles. The van der Waals surface area contributed by atoms with Gasteiger partial charge in [-0.05, 0) is 12.1 Å². The van der Waals surface area contributed by atoms with Crippen LogP contribution in [0.5, 0.6) is 5.75 Å². The van der Waals surface area contributed by atoms with E-state index < -0.39 is 5.97 Å². The summed E-state index contributed by atoms with van der Waals surface area (Å²) in [5, 5.41) is 13.8. The highest BCUT2D eigenvalue weighted by Gasteiger charge is 2.11. The van der Waals surface area contributed by atoms with Gasteiger partial charge in [0.2, 0.25) is 0 Å². The van der Waals surface area contributed by atoms with E-state index in [1.165, 1.54) is 4.68 Å². The lowest BCUT2D eigenvalue weighted by atomic mass is 10.2. The maximum atomic E-state index is 10.6. The molecule has 6 heteroatoms. The van der Waals surface area contributed by atoms with Gasteiger partial charge in [-0.1, -0.05) is 11.6 Å². The van der Waals surface area contributed by atoms with E-state index in [2.05, 4.69) is 5.10 Å². The van der Waals surface area contributed by atoms with Crippen LogP contribution in [0.2, 0.25) is 5.15 Å². The lowest BCUT2D eigenvalue weighted by molar-refractivity contribution is -0.137. The maximum absolute atomic E-state index is 10.6. The molecule has 0 bridgehead atoms. The zero-order valence-electron chi connectivity index (χ0n) is 8.48. The van der Waals surface area contributed by atoms with Crippen molar-refractivity contribution in [3.63, 3.8) is 0 Å². The summed E-state index contributed by atoms with van der Waals surface area (Å²) in [6.45, 7) is -0.254. The first-order valence-electron chi connectivity index (χ1n) is 4.53. The van der Waals surface area contributed by atoms with Gasteiger partial charge in [0.05, 0.1) is 12.6 Å². The van der Waals surface area contributed by atoms with Gasteiger partial charge < -0.3 is 9.84 Å². The minimum atomic E-state index is -0.985. The van der Waals surface area contributed by atoms with Crippen molar-refractivity contribution in [2.24, 2.45) is 0 Å². The fourth-order valence-corrected chi connectivity index (χ4v) is 1.70. The van der Waals surface area contributed by atoms with Crippen LogP contribution in [0.3, 0.4) is 0 Å². The molecule has 1 N–H and O–H groups in total. The number of aromatic nitrogens is 2. The monoisotopic (exact) mass is 240 g/mol. The minimum absolute atomic E-state index is 0.254. The van der Waals surface area contributed by atoms with E-state index >= 15 is 0 Å². The van der Waals surface area contributed by atoms with Gasteiger partial charge in [-0.3, -0.25) is 4.79 Å². The Morgan fingerprint density at radius 1 is 1.62 bits per heavy atom. The summed E-state index contributed by atoms with van der Waals surface area (Å²) in [6.07, 6.45) is 0. The highest BCUT2D eigenvalue weighted by molar-refractivity contribution is 6.34. The van der Waals surface area contributed by atoms with Crippen molar-refractivity contribution >= 4 is 28.5 Å². The quantitative estimate of drug-likeness (QED) is 0.888. The van der Waals surface area contributed by atoms with E-state index in [0.717, 1.165) is 0 Å². The van der Waals surface area contributed by atoms with Crippen LogP contribution in [0, 0.1) is 0 Å². The molecule has 84 valence electrons. The zero-order valence-corrected chi connectivity index (χ0v) is 9.23. The Hall–Kier alpha value is -1.75. The zero-order chi connectivity index (χ0) is 11.7. The molecule has 0 saturated heterocycles. The summed E-state index contributed by atoms with van der Waals surface area (Å²) in [4.78, 5) is 10.6. The van der Waals surface area contributed by atoms with Crippen molar-refractivity contribution in [1.82, 2.24) is 9.78 Å². The molecule has 0 fully saturated rings. The van der Waals surface area contributed by atoms with Gasteiger partial charge in [-0.25, -0.2) is 4.68 Å². The van der Waals surface area contributed by atoms with E-state index in [4.69, 9.17) is 21.4 Å². The summed E-state index contributed by atoms with van der Waals surface area (Å²) in [5.41, 5.74) is 0.616. The summed E-state index contributed by atoms with van der Waals surface area (Å²) in [7, 11) is 1.55. The highest BCUT2D eigenvalue weighted by atomic mass is 35.5. The number of rotatable bonds is 3. The van der Waals surface area contributed by atoms with Crippen molar-refractivity contribution < 1.29 is 14.6 Å². The standard InChI is InChI=1S/C10H9ClN2O3/c1-16-6-2-3-7-8(4-6)12-13(10(7)11)5-9(14)15/h2-4H,5H2,1H3,(H,14,15). The van der Waals surface area contributed by atoms with Gasteiger partial charge in [0.1, 0.15) is 17.4 Å². The molecule has 1 aromatic heterocycles. The van der Waals surface area contributed by atoms with Crippen LogP contribution < -0.4 is 4.74 Å². The van der Waals surface area contributed by atoms with Crippen LogP contribution >= 0.6 is 11.6 Å². The Kier molecular flexibility index (Phi) is 2.70. The topological polar surface area (TPSA) is 64.3 Å². The van der Waals surface area contributed by atoms with Crippen LogP contribution in [-0.4, -0.2) is 28.0 Å². The predicted molar refractivity (Wildman–Crippen MR) is 58.9 cm³/mol. The summed E-state index contributed by atoms with van der Waals surface area (Å²) in [6, 6.07) is 5.21. The molecule has 2 rings (SSSR count). The van der Waals surface area contributed by atoms with Crippen molar-refractivity contribution in [2.75, 3.05) is 7.11 Å². The molecule has 0 amide bonds. The number of carboxylic acid groups (broad SMARTS) is 1. The van der Waals surface area contributed by atoms with Gasteiger partial charge in [-0.2, -0.15) is 5.10 Å². The first kappa shape index (κ1) is 10.8. The van der Waals surface area contributed by atoms with Crippen LogP contribution in [0.1, 0.15) is 0 Å². The van der Waals surface area contributed by atoms with Crippen LogP contribution in [0.15, 0.2) is 18.2 Å². The molecule has 0 unspecified atom stereocenters. The molecule has 0 aliphatic rings. The number of aliphatic carboxylic acids is 1. The number of hydrogen-bond acceptors (Lipinski definition) is 3. The summed E-state index contributed by atoms with van der Waals surface area (Å²) >= 11 is 5.99. The predicted octanol–water partition coefficient (Wildman–Crippen LogP) is 1.78. The lowest BCUT2D eigenvalue weighted by Gasteiger charge is -1.97. The lowest BCUT2D eigenvalue weighted by Crippen LogP contribution is -2.09. The highest BCUT2D eigenvalue weighted by Crippen LogP contribution is 2.26. The second-order valence-corrected chi connectivity index (χ2v) is 3.58. The van der Waals surface area contributed by atoms with E-state index in [9.17, 15) is 4.79 Å². The van der Waals surface area contributed by atoms with Gasteiger partial charge >= 0.3 is 5.97 Å². The number of carboxylic acids is 1. The third-order valence-electron chi connectivity index (χ3n) is 2.17. The number of benzene rings is 1. The summed E-state index contributed by atoms with van der Waals surface area (Å²) in [5.74, 6) is -0.328. The molecule has 0 atom stereocenters. The second kappa shape index (κ2) is 4.02. The summed E-state index contributed by atoms with van der Waals surface area (Å²) < 4.78 is 6.29. The molecule has 0 aliphatic carbocycles. The Morgan fingerprint density at radius 3 is 3.00 bits per heavy atom. The molecular formula is C10H9ClN2O3. The largest absolute Gasteiger partial charge is 0.497 e. The third kappa shape index (κ3) is 1.81. The molecule has 1 heterocycles. The van der Waals surface area contributed by atoms with E-state index in [1.54, 1.807) is 25.3 Å². The molecule has 0 spiro atoms. The van der Waals surface area contributed by atoms with Gasteiger partial charge in [0, 0.05) is 11.5 Å². The fraction of sp³-hybridized carbons (Fsp3) is 0.200. The SMILES string of the molecule is COc1ccc2c(Cl)n(CC(=O)O)nc2c1. The number of hydrogen-bond donors (Lipinski definition) is 1. The molecule has 1 aromatic carbocycles.